The summed E-state index contributed by atoms with van der Waals surface area (Å²) < 4.78 is 17.9. The van der Waals surface area contributed by atoms with Crippen molar-refractivity contribution in [1.29, 1.82) is 0 Å². The van der Waals surface area contributed by atoms with E-state index >= 15 is 0 Å². The van der Waals surface area contributed by atoms with Crippen molar-refractivity contribution in [2.24, 2.45) is 28.9 Å². The zero-order valence-corrected chi connectivity index (χ0v) is 23.1. The Morgan fingerprint density at radius 2 is 1.76 bits per heavy atom. The van der Waals surface area contributed by atoms with E-state index < -0.39 is 85.6 Å². The third kappa shape index (κ3) is 8.42. The first-order valence-electron chi connectivity index (χ1n) is 14.2. The Bertz CT molecular complexity index is 804. The molecule has 0 radical (unpaired) electrons. The number of amides is 2. The van der Waals surface area contributed by atoms with Crippen LogP contribution in [0.3, 0.4) is 0 Å². The average molecular weight is 596 g/mol. The minimum Gasteiger partial charge on any atom is -0.396 e. The summed E-state index contributed by atoms with van der Waals surface area (Å²) in [6.45, 7) is 0.414. The van der Waals surface area contributed by atoms with Gasteiger partial charge in [-0.1, -0.05) is 0 Å². The van der Waals surface area contributed by atoms with Gasteiger partial charge in [0, 0.05) is 37.7 Å². The molecule has 2 heterocycles. The summed E-state index contributed by atoms with van der Waals surface area (Å²) in [4.78, 5) is 12.6. The van der Waals surface area contributed by atoms with E-state index in [0.29, 0.717) is 37.4 Å². The fourth-order valence-electron chi connectivity index (χ4n) is 5.82. The molecule has 41 heavy (non-hydrogen) atoms. The molecule has 2 amide bonds. The van der Waals surface area contributed by atoms with Gasteiger partial charge in [0.2, 0.25) is 0 Å². The van der Waals surface area contributed by atoms with Crippen molar-refractivity contribution >= 4 is 6.03 Å². The van der Waals surface area contributed by atoms with E-state index in [2.05, 4.69) is 10.6 Å². The van der Waals surface area contributed by atoms with Gasteiger partial charge < -0.3 is 73.3 Å². The smallest absolute Gasteiger partial charge is 0.341 e. The van der Waals surface area contributed by atoms with Gasteiger partial charge in [-0.05, 0) is 32.2 Å². The fraction of sp³-hybridized carbons (Fsp3) is 0.958. The van der Waals surface area contributed by atoms with Crippen LogP contribution in [0.1, 0.15) is 25.7 Å². The predicted molar refractivity (Wildman–Crippen MR) is 143 cm³/mol. The van der Waals surface area contributed by atoms with E-state index in [1.54, 1.807) is 0 Å². The second-order valence-electron chi connectivity index (χ2n) is 11.1. The van der Waals surface area contributed by atoms with Gasteiger partial charge in [0.1, 0.15) is 24.4 Å². The highest BCUT2D eigenvalue weighted by Gasteiger charge is 2.53. The first kappa shape index (κ1) is 34.2. The summed E-state index contributed by atoms with van der Waals surface area (Å²) >= 11 is 0. The van der Waals surface area contributed by atoms with Gasteiger partial charge in [0.05, 0.1) is 43.5 Å². The van der Waals surface area contributed by atoms with Crippen LogP contribution in [0.2, 0.25) is 0 Å². The Hall–Kier alpha value is -1.29. The zero-order valence-electron chi connectivity index (χ0n) is 23.1. The molecular weight excluding hydrogens is 546 g/mol. The molecule has 1 saturated carbocycles. The molecule has 0 aromatic heterocycles. The number of rotatable bonds is 12. The van der Waals surface area contributed by atoms with E-state index in [-0.39, 0.29) is 32.2 Å². The number of hydroxylamine groups is 2. The Morgan fingerprint density at radius 3 is 2.41 bits per heavy atom. The topological polar surface area (TPSA) is 298 Å². The lowest BCUT2D eigenvalue weighted by Gasteiger charge is -2.51. The van der Waals surface area contributed by atoms with Crippen molar-refractivity contribution in [2.75, 3.05) is 39.4 Å². The molecule has 17 nitrogen and oxygen atoms in total. The Morgan fingerprint density at radius 1 is 1.02 bits per heavy atom. The highest BCUT2D eigenvalue weighted by molar-refractivity contribution is 5.73. The molecule has 0 bridgehead atoms. The lowest BCUT2D eigenvalue weighted by Crippen LogP contribution is -2.69. The summed E-state index contributed by atoms with van der Waals surface area (Å²) in [7, 11) is 0. The van der Waals surface area contributed by atoms with Crippen molar-refractivity contribution in [1.82, 2.24) is 15.7 Å². The van der Waals surface area contributed by atoms with Gasteiger partial charge in [0.25, 0.3) is 0 Å². The van der Waals surface area contributed by atoms with Crippen LogP contribution in [0.25, 0.3) is 0 Å². The summed E-state index contributed by atoms with van der Waals surface area (Å²) in [5.74, 6) is -0.758. The molecule has 16 N–H and O–H groups in total. The lowest BCUT2D eigenvalue weighted by molar-refractivity contribution is -0.306. The summed E-state index contributed by atoms with van der Waals surface area (Å²) in [6, 6.07) is -4.29. The number of carbonyl (C=O) groups is 1. The van der Waals surface area contributed by atoms with Crippen LogP contribution in [0.4, 0.5) is 4.79 Å². The molecule has 17 heteroatoms. The number of nitrogens with two attached hydrogens (primary N) is 4. The van der Waals surface area contributed by atoms with Crippen LogP contribution in [0.5, 0.6) is 0 Å². The molecule has 0 aromatic carbocycles. The van der Waals surface area contributed by atoms with Gasteiger partial charge in [-0.2, -0.15) is 0 Å². The second-order valence-corrected chi connectivity index (χ2v) is 11.1. The monoisotopic (exact) mass is 595 g/mol. The maximum absolute atomic E-state index is 12.6. The maximum Gasteiger partial charge on any atom is 0.341 e. The number of ether oxygens (including phenoxy) is 3. The average Bonchev–Trinajstić information content (AvgIpc) is 2.94. The van der Waals surface area contributed by atoms with E-state index in [9.17, 15) is 30.4 Å². The van der Waals surface area contributed by atoms with E-state index in [0.717, 1.165) is 0 Å². The van der Waals surface area contributed by atoms with Crippen LogP contribution in [-0.4, -0.2) is 154 Å². The fourth-order valence-corrected chi connectivity index (χ4v) is 5.82. The quantitative estimate of drug-likeness (QED) is 0.0568. The molecule has 2 aliphatic heterocycles. The van der Waals surface area contributed by atoms with Crippen molar-refractivity contribution in [3.63, 3.8) is 0 Å². The molecule has 3 aliphatic rings. The second kappa shape index (κ2) is 16.0. The molecule has 13 atom stereocenters. The Kier molecular flexibility index (Phi) is 13.3. The number of aliphatic hydroxyl groups is 5. The van der Waals surface area contributed by atoms with Crippen molar-refractivity contribution in [3.8, 4) is 0 Å². The lowest BCUT2D eigenvalue weighted by atomic mass is 9.72. The highest BCUT2D eigenvalue weighted by atomic mass is 16.7. The SMILES string of the molecule is NCCN(O)C(=O)NC1CC(N)C(C2OC(CNCCCO)CCC2N)C(O)C1OC1OC(CO)C(O)C(N)C1O. The summed E-state index contributed by atoms with van der Waals surface area (Å²) in [5, 5.41) is 67.4. The number of carbonyl (C=O) groups excluding carboxylic acids is 1. The Labute approximate surface area is 239 Å². The standard InChI is InChI=1S/C24H49N7O10/c25-4-6-31(38)24(37)30-14-8-13(27)16(21-12(26)3-2-11(39-21)9-29-5-1-7-32)19(35)22(14)41-23-20(36)17(28)18(34)15(10-33)40-23/h11-23,29,32-36,38H,1-10,25-28H2,(H,30,37). The number of hydrogen-bond donors (Lipinski definition) is 12. The van der Waals surface area contributed by atoms with E-state index in [4.69, 9.17) is 42.3 Å². The third-order valence-corrected chi connectivity index (χ3v) is 8.12. The third-order valence-electron chi connectivity index (χ3n) is 8.12. The normalized spacial score (nSPS) is 41.7. The van der Waals surface area contributed by atoms with Crippen LogP contribution in [0.15, 0.2) is 0 Å². The van der Waals surface area contributed by atoms with Crippen molar-refractivity contribution < 1.29 is 49.7 Å². The van der Waals surface area contributed by atoms with Gasteiger partial charge in [-0.25, -0.2) is 9.86 Å². The first-order valence-corrected chi connectivity index (χ1v) is 14.2. The Balaban J connectivity index is 1.83. The molecule has 13 unspecified atom stereocenters. The summed E-state index contributed by atoms with van der Waals surface area (Å²) in [5.41, 5.74) is 24.3. The van der Waals surface area contributed by atoms with E-state index in [1.165, 1.54) is 0 Å². The van der Waals surface area contributed by atoms with Gasteiger partial charge >= 0.3 is 6.03 Å². The van der Waals surface area contributed by atoms with Gasteiger partial charge in [-0.3, -0.25) is 5.21 Å². The molecule has 240 valence electrons. The predicted octanol–water partition coefficient (Wildman–Crippen LogP) is -5.58. The van der Waals surface area contributed by atoms with Crippen LogP contribution in [-0.2, 0) is 14.2 Å². The van der Waals surface area contributed by atoms with Crippen molar-refractivity contribution in [2.45, 2.75) is 98.9 Å². The highest BCUT2D eigenvalue weighted by Crippen LogP contribution is 2.36. The number of urea groups is 1. The molecule has 2 saturated heterocycles. The zero-order chi connectivity index (χ0) is 30.3. The molecule has 1 aliphatic carbocycles. The van der Waals surface area contributed by atoms with Crippen molar-refractivity contribution in [3.05, 3.63) is 0 Å². The summed E-state index contributed by atoms with van der Waals surface area (Å²) in [6.07, 6.45) is -7.18. The van der Waals surface area contributed by atoms with E-state index in [1.807, 2.05) is 0 Å². The van der Waals surface area contributed by atoms with Crippen LogP contribution in [0, 0.1) is 5.92 Å². The maximum atomic E-state index is 12.6. The largest absolute Gasteiger partial charge is 0.396 e. The molecule has 0 spiro atoms. The van der Waals surface area contributed by atoms with Crippen LogP contribution < -0.4 is 33.6 Å². The molecular formula is C24H49N7O10. The number of aliphatic hydroxyl groups excluding tert-OH is 5. The number of nitrogens with one attached hydrogen (secondary N) is 2. The molecule has 3 rings (SSSR count). The molecule has 3 fully saturated rings. The van der Waals surface area contributed by atoms with Gasteiger partial charge in [0.15, 0.2) is 6.29 Å². The first-order chi connectivity index (χ1) is 19.5. The minimum absolute atomic E-state index is 0.00344. The number of nitrogens with zero attached hydrogens (tertiary/aromatic N) is 1. The minimum atomic E-state index is -1.54. The van der Waals surface area contributed by atoms with Crippen LogP contribution >= 0.6 is 0 Å². The molecule has 0 aromatic rings. The number of hydrogen-bond acceptors (Lipinski definition) is 15. The van der Waals surface area contributed by atoms with Gasteiger partial charge in [-0.15, -0.1) is 0 Å².